The van der Waals surface area contributed by atoms with Crippen molar-refractivity contribution < 1.29 is 18.7 Å². The Hall–Kier alpha value is -2.87. The number of thiocarbonyl (C=S) groups is 1. The van der Waals surface area contributed by atoms with Crippen LogP contribution in [0.3, 0.4) is 0 Å². The van der Waals surface area contributed by atoms with Gasteiger partial charge in [-0.25, -0.2) is 4.39 Å². The van der Waals surface area contributed by atoms with Crippen LogP contribution in [0.5, 0.6) is 11.5 Å². The summed E-state index contributed by atoms with van der Waals surface area (Å²) in [6.45, 7) is 1.83. The van der Waals surface area contributed by atoms with Gasteiger partial charge < -0.3 is 19.7 Å². The van der Waals surface area contributed by atoms with Crippen molar-refractivity contribution in [1.29, 1.82) is 0 Å². The van der Waals surface area contributed by atoms with E-state index in [1.807, 2.05) is 25.1 Å². The molecule has 2 aliphatic rings. The zero-order valence-corrected chi connectivity index (χ0v) is 17.4. The van der Waals surface area contributed by atoms with Crippen molar-refractivity contribution in [2.24, 2.45) is 5.92 Å². The molecule has 0 saturated carbocycles. The summed E-state index contributed by atoms with van der Waals surface area (Å²) in [4.78, 5) is 16.5. The van der Waals surface area contributed by atoms with Crippen LogP contribution in [0.25, 0.3) is 0 Å². The van der Waals surface area contributed by atoms with Gasteiger partial charge in [0.15, 0.2) is 22.3 Å². The standard InChI is InChI=1S/C21H22FN3O3S/c1-21-16(19(26)24(2)3)17(14-6-5-7-15(27-4)18(14)28-21)23-20(29)25(21)13-10-8-12(22)9-11-13/h5-11,16-17H,1-4H3,(H,23,29)/t16-,17-,21-/m0/s1. The van der Waals surface area contributed by atoms with Gasteiger partial charge in [0, 0.05) is 25.3 Å². The molecule has 4 rings (SSSR count). The number of halogens is 1. The maximum absolute atomic E-state index is 13.5. The average Bonchev–Trinajstić information content (AvgIpc) is 2.68. The Labute approximate surface area is 174 Å². The predicted molar refractivity (Wildman–Crippen MR) is 112 cm³/mol. The predicted octanol–water partition coefficient (Wildman–Crippen LogP) is 3.08. The van der Waals surface area contributed by atoms with Crippen molar-refractivity contribution in [2.45, 2.75) is 18.7 Å². The lowest BCUT2D eigenvalue weighted by Crippen LogP contribution is -2.72. The van der Waals surface area contributed by atoms with Gasteiger partial charge in [-0.3, -0.25) is 9.69 Å². The molecule has 0 aromatic heterocycles. The highest BCUT2D eigenvalue weighted by atomic mass is 32.1. The van der Waals surface area contributed by atoms with Crippen molar-refractivity contribution in [2.75, 3.05) is 26.1 Å². The van der Waals surface area contributed by atoms with E-state index in [0.717, 1.165) is 5.56 Å². The number of nitrogens with one attached hydrogen (secondary N) is 1. The third kappa shape index (κ3) is 2.90. The fraction of sp³-hybridized carbons (Fsp3) is 0.333. The Morgan fingerprint density at radius 3 is 2.59 bits per heavy atom. The van der Waals surface area contributed by atoms with Gasteiger partial charge in [-0.05, 0) is 49.5 Å². The van der Waals surface area contributed by atoms with Crippen molar-refractivity contribution in [3.05, 3.63) is 53.8 Å². The minimum Gasteiger partial charge on any atom is -0.493 e. The van der Waals surface area contributed by atoms with Crippen LogP contribution in [0.1, 0.15) is 18.5 Å². The Morgan fingerprint density at radius 1 is 1.28 bits per heavy atom. The van der Waals surface area contributed by atoms with Crippen LogP contribution in [-0.4, -0.2) is 42.8 Å². The Morgan fingerprint density at radius 2 is 1.97 bits per heavy atom. The summed E-state index contributed by atoms with van der Waals surface area (Å²) in [5.41, 5.74) is 0.288. The quantitative estimate of drug-likeness (QED) is 0.778. The Kier molecular flexibility index (Phi) is 4.61. The molecule has 1 fully saturated rings. The van der Waals surface area contributed by atoms with Crippen molar-refractivity contribution >= 4 is 28.9 Å². The van der Waals surface area contributed by atoms with Crippen LogP contribution in [0, 0.1) is 11.7 Å². The molecule has 8 heteroatoms. The fourth-order valence-corrected chi connectivity index (χ4v) is 4.58. The van der Waals surface area contributed by atoms with E-state index in [2.05, 4.69) is 5.32 Å². The molecule has 2 aliphatic heterocycles. The third-order valence-electron chi connectivity index (χ3n) is 5.50. The lowest BCUT2D eigenvalue weighted by Gasteiger charge is -2.56. The van der Waals surface area contributed by atoms with Crippen molar-refractivity contribution in [1.82, 2.24) is 10.2 Å². The number of anilines is 1. The molecular formula is C21H22FN3O3S. The van der Waals surface area contributed by atoms with Gasteiger partial charge >= 0.3 is 0 Å². The topological polar surface area (TPSA) is 54.0 Å². The summed E-state index contributed by atoms with van der Waals surface area (Å²) in [6.07, 6.45) is 0. The number of nitrogens with zero attached hydrogens (tertiary/aromatic N) is 2. The van der Waals surface area contributed by atoms with Crippen LogP contribution in [0.2, 0.25) is 0 Å². The highest BCUT2D eigenvalue weighted by Gasteiger charge is 2.59. The van der Waals surface area contributed by atoms with E-state index in [9.17, 15) is 9.18 Å². The lowest BCUT2D eigenvalue weighted by molar-refractivity contribution is -0.144. The number of hydrogen-bond donors (Lipinski definition) is 1. The van der Waals surface area contributed by atoms with Gasteiger partial charge in [-0.15, -0.1) is 0 Å². The molecule has 0 unspecified atom stereocenters. The highest BCUT2D eigenvalue weighted by molar-refractivity contribution is 7.80. The number of amides is 1. The molecular weight excluding hydrogens is 393 g/mol. The molecule has 3 atom stereocenters. The normalized spacial score (nSPS) is 24.9. The SMILES string of the molecule is COc1cccc2c1O[C@@]1(C)[C@H](C(=O)N(C)C)[C@H]2NC(=S)N1c1ccc(F)cc1. The molecule has 0 spiro atoms. The summed E-state index contributed by atoms with van der Waals surface area (Å²) in [5, 5.41) is 3.71. The van der Waals surface area contributed by atoms with Gasteiger partial charge in [-0.2, -0.15) is 0 Å². The molecule has 2 aromatic carbocycles. The summed E-state index contributed by atoms with van der Waals surface area (Å²) < 4.78 is 25.5. The van der Waals surface area contributed by atoms with E-state index in [1.165, 1.54) is 12.1 Å². The molecule has 1 saturated heterocycles. The van der Waals surface area contributed by atoms with E-state index in [-0.39, 0.29) is 11.7 Å². The number of benzene rings is 2. The van der Waals surface area contributed by atoms with E-state index < -0.39 is 17.7 Å². The van der Waals surface area contributed by atoms with Crippen LogP contribution in [0.4, 0.5) is 10.1 Å². The fourth-order valence-electron chi connectivity index (χ4n) is 4.17. The van der Waals surface area contributed by atoms with Gasteiger partial charge in [0.25, 0.3) is 0 Å². The molecule has 2 heterocycles. The zero-order chi connectivity index (χ0) is 20.9. The minimum atomic E-state index is -1.15. The second-order valence-electron chi connectivity index (χ2n) is 7.48. The summed E-state index contributed by atoms with van der Waals surface area (Å²) >= 11 is 5.65. The third-order valence-corrected chi connectivity index (χ3v) is 5.80. The molecule has 152 valence electrons. The second-order valence-corrected chi connectivity index (χ2v) is 7.87. The van der Waals surface area contributed by atoms with Gasteiger partial charge in [0.05, 0.1) is 13.2 Å². The molecule has 29 heavy (non-hydrogen) atoms. The maximum Gasteiger partial charge on any atom is 0.233 e. The summed E-state index contributed by atoms with van der Waals surface area (Å²) in [5.74, 6) is 0.0719. The van der Waals surface area contributed by atoms with Crippen molar-refractivity contribution in [3.8, 4) is 11.5 Å². The molecule has 0 radical (unpaired) electrons. The van der Waals surface area contributed by atoms with Crippen LogP contribution >= 0.6 is 12.2 Å². The number of hydrogen-bond acceptors (Lipinski definition) is 4. The Bertz CT molecular complexity index is 982. The minimum absolute atomic E-state index is 0.104. The first-order chi connectivity index (χ1) is 13.8. The van der Waals surface area contributed by atoms with Crippen LogP contribution < -0.4 is 19.7 Å². The maximum atomic E-state index is 13.5. The van der Waals surface area contributed by atoms with E-state index in [0.29, 0.717) is 22.3 Å². The molecule has 0 aliphatic carbocycles. The van der Waals surface area contributed by atoms with Gasteiger partial charge in [0.1, 0.15) is 11.7 Å². The van der Waals surface area contributed by atoms with E-state index >= 15 is 0 Å². The monoisotopic (exact) mass is 415 g/mol. The number of para-hydroxylation sites is 1. The van der Waals surface area contributed by atoms with Crippen molar-refractivity contribution in [3.63, 3.8) is 0 Å². The number of ether oxygens (including phenoxy) is 2. The second kappa shape index (κ2) is 6.88. The highest BCUT2D eigenvalue weighted by Crippen LogP contribution is 2.52. The smallest absolute Gasteiger partial charge is 0.233 e. The van der Waals surface area contributed by atoms with Gasteiger partial charge in [-0.1, -0.05) is 12.1 Å². The first kappa shape index (κ1) is 19.4. The number of carbonyl (C=O) groups excluding carboxylic acids is 1. The largest absolute Gasteiger partial charge is 0.493 e. The van der Waals surface area contributed by atoms with Crippen LogP contribution in [-0.2, 0) is 4.79 Å². The van der Waals surface area contributed by atoms with E-state index in [1.54, 1.807) is 43.1 Å². The molecule has 1 N–H and O–H groups in total. The molecule has 1 amide bonds. The van der Waals surface area contributed by atoms with E-state index in [4.69, 9.17) is 21.7 Å². The number of fused-ring (bicyclic) bond motifs is 4. The zero-order valence-electron chi connectivity index (χ0n) is 16.6. The number of carbonyl (C=O) groups is 1. The molecule has 2 aromatic rings. The van der Waals surface area contributed by atoms with Crippen LogP contribution in [0.15, 0.2) is 42.5 Å². The molecule has 2 bridgehead atoms. The molecule has 6 nitrogen and oxygen atoms in total. The van der Waals surface area contributed by atoms with Gasteiger partial charge in [0.2, 0.25) is 5.91 Å². The average molecular weight is 415 g/mol. The summed E-state index contributed by atoms with van der Waals surface area (Å²) in [7, 11) is 5.00. The summed E-state index contributed by atoms with van der Waals surface area (Å²) in [6, 6.07) is 11.1. The first-order valence-electron chi connectivity index (χ1n) is 9.21. The first-order valence-corrected chi connectivity index (χ1v) is 9.62. The number of rotatable bonds is 3. The Balaban J connectivity index is 1.93. The number of methoxy groups -OCH3 is 1. The lowest BCUT2D eigenvalue weighted by atomic mass is 9.78.